The molecule has 4 aromatic rings. The van der Waals surface area contributed by atoms with Crippen LogP contribution in [0.2, 0.25) is 15.1 Å². The smallest absolute Gasteiger partial charge is 0.332 e. The van der Waals surface area contributed by atoms with E-state index in [0.29, 0.717) is 46.0 Å². The van der Waals surface area contributed by atoms with Gasteiger partial charge in [-0.2, -0.15) is 0 Å². The van der Waals surface area contributed by atoms with Crippen LogP contribution in [0.3, 0.4) is 0 Å². The Labute approximate surface area is 239 Å². The van der Waals surface area contributed by atoms with Crippen LogP contribution in [-0.4, -0.2) is 39.9 Å². The first kappa shape index (κ1) is 27.5. The highest BCUT2D eigenvalue weighted by Gasteiger charge is 2.44. The number of benzene rings is 2. The molecule has 1 saturated heterocycles. The van der Waals surface area contributed by atoms with Crippen LogP contribution in [0.15, 0.2) is 52.7 Å². The molecule has 0 aliphatic carbocycles. The van der Waals surface area contributed by atoms with Gasteiger partial charge in [0.05, 0.1) is 34.2 Å². The summed E-state index contributed by atoms with van der Waals surface area (Å²) < 4.78 is 12.7. The van der Waals surface area contributed by atoms with Crippen LogP contribution in [-0.2, 0) is 14.9 Å². The van der Waals surface area contributed by atoms with Crippen LogP contribution in [0, 0.1) is 5.41 Å². The largest absolute Gasteiger partial charge is 0.478 e. The molecule has 1 N–H and O–H groups in total. The average molecular weight is 588 g/mol. The fourth-order valence-electron chi connectivity index (χ4n) is 4.75. The van der Waals surface area contributed by atoms with Crippen molar-refractivity contribution in [3.63, 3.8) is 0 Å². The number of halogens is 3. The van der Waals surface area contributed by atoms with Crippen molar-refractivity contribution in [1.29, 1.82) is 0 Å². The molecule has 39 heavy (non-hydrogen) atoms. The second-order valence-corrected chi connectivity index (χ2v) is 12.2. The Morgan fingerprint density at radius 2 is 1.77 bits per heavy atom. The third kappa shape index (κ3) is 4.78. The third-order valence-electron chi connectivity index (χ3n) is 6.86. The number of aromatic nitrogens is 2. The molecule has 10 heteroatoms. The zero-order valence-corrected chi connectivity index (χ0v) is 23.9. The molecule has 0 atom stereocenters. The number of aliphatic carboxylic acids is 1. The van der Waals surface area contributed by atoms with Gasteiger partial charge >= 0.3 is 5.97 Å². The lowest BCUT2D eigenvalue weighted by atomic mass is 9.82. The number of carbonyl (C=O) groups is 2. The molecular formula is C29H25Cl3N2O5. The van der Waals surface area contributed by atoms with Gasteiger partial charge in [-0.05, 0) is 48.2 Å². The van der Waals surface area contributed by atoms with E-state index < -0.39 is 22.7 Å². The van der Waals surface area contributed by atoms with Crippen molar-refractivity contribution in [2.75, 3.05) is 13.2 Å². The summed E-state index contributed by atoms with van der Waals surface area (Å²) in [6, 6.07) is 10.2. The molecule has 2 aromatic heterocycles. The van der Waals surface area contributed by atoms with Crippen LogP contribution in [0.25, 0.3) is 28.2 Å². The van der Waals surface area contributed by atoms with Crippen LogP contribution in [0.1, 0.15) is 49.4 Å². The number of fused-ring (bicyclic) bond motifs is 1. The predicted octanol–water partition coefficient (Wildman–Crippen LogP) is 7.75. The molecule has 7 nitrogen and oxygen atoms in total. The van der Waals surface area contributed by atoms with Gasteiger partial charge in [-0.25, -0.2) is 4.79 Å². The molecule has 2 aromatic carbocycles. The Morgan fingerprint density at radius 1 is 1.10 bits per heavy atom. The van der Waals surface area contributed by atoms with Crippen molar-refractivity contribution >= 4 is 63.7 Å². The number of ether oxygens (including phenoxy) is 1. The summed E-state index contributed by atoms with van der Waals surface area (Å²) in [7, 11) is 0. The average Bonchev–Trinajstić information content (AvgIpc) is 3.44. The zero-order valence-electron chi connectivity index (χ0n) is 21.6. The van der Waals surface area contributed by atoms with E-state index in [9.17, 15) is 14.7 Å². The number of carbonyl (C=O) groups excluding carboxylic acids is 1. The van der Waals surface area contributed by atoms with Crippen molar-refractivity contribution in [1.82, 2.24) is 9.72 Å². The van der Waals surface area contributed by atoms with Crippen LogP contribution in [0.4, 0.5) is 0 Å². The Morgan fingerprint density at radius 3 is 2.33 bits per heavy atom. The third-order valence-corrected chi connectivity index (χ3v) is 7.68. The molecule has 1 aliphatic rings. The molecule has 202 valence electrons. The van der Waals surface area contributed by atoms with Crippen molar-refractivity contribution < 1.29 is 24.0 Å². The van der Waals surface area contributed by atoms with E-state index in [1.54, 1.807) is 30.5 Å². The van der Waals surface area contributed by atoms with Gasteiger partial charge in [-0.3, -0.25) is 9.36 Å². The minimum Gasteiger partial charge on any atom is -0.478 e. The van der Waals surface area contributed by atoms with Gasteiger partial charge in [-0.1, -0.05) is 72.9 Å². The van der Waals surface area contributed by atoms with E-state index in [1.807, 2.05) is 33.8 Å². The van der Waals surface area contributed by atoms with Gasteiger partial charge in [0.2, 0.25) is 0 Å². The van der Waals surface area contributed by atoms with Gasteiger partial charge in [0.15, 0.2) is 5.76 Å². The molecule has 1 aliphatic heterocycles. The van der Waals surface area contributed by atoms with Gasteiger partial charge in [-0.15, -0.1) is 0 Å². The van der Waals surface area contributed by atoms with E-state index in [0.717, 1.165) is 0 Å². The van der Waals surface area contributed by atoms with Crippen molar-refractivity contribution in [2.24, 2.45) is 5.41 Å². The summed E-state index contributed by atoms with van der Waals surface area (Å²) in [4.78, 5) is 26.3. The molecule has 0 bridgehead atoms. The molecule has 1 fully saturated rings. The number of hydrogen-bond donors (Lipinski definition) is 1. The van der Waals surface area contributed by atoms with E-state index in [4.69, 9.17) is 44.1 Å². The first-order chi connectivity index (χ1) is 18.3. The Bertz CT molecular complexity index is 1650. The minimum atomic E-state index is -0.999. The highest BCUT2D eigenvalue weighted by Crippen LogP contribution is 2.43. The second-order valence-electron chi connectivity index (χ2n) is 10.9. The molecule has 0 amide bonds. The lowest BCUT2D eigenvalue weighted by molar-refractivity contribution is -0.133. The van der Waals surface area contributed by atoms with Crippen LogP contribution < -0.4 is 0 Å². The van der Waals surface area contributed by atoms with Crippen LogP contribution in [0.5, 0.6) is 0 Å². The van der Waals surface area contributed by atoms with Crippen molar-refractivity contribution in [3.8, 4) is 11.3 Å². The maximum Gasteiger partial charge on any atom is 0.332 e. The van der Waals surface area contributed by atoms with Gasteiger partial charge in [0.25, 0.3) is 5.91 Å². The van der Waals surface area contributed by atoms with Crippen LogP contribution >= 0.6 is 34.8 Å². The van der Waals surface area contributed by atoms with Gasteiger partial charge < -0.3 is 14.4 Å². The SMILES string of the molecule is CC(C)(C)/C(=C\c1cccc2c1ccn2C(=O)c1c(-c2c(Cl)cc(Cl)cc2Cl)noc1C1(C)COC1)C(=O)O. The van der Waals surface area contributed by atoms with Crippen molar-refractivity contribution in [3.05, 3.63) is 80.1 Å². The second kappa shape index (κ2) is 9.82. The number of carboxylic acid groups (broad SMARTS) is 1. The molecule has 0 radical (unpaired) electrons. The minimum absolute atomic E-state index is 0.202. The first-order valence-electron chi connectivity index (χ1n) is 12.1. The molecule has 0 saturated carbocycles. The maximum absolute atomic E-state index is 14.3. The fraction of sp³-hybridized carbons (Fsp3) is 0.276. The molecule has 0 unspecified atom stereocenters. The number of hydrogen-bond acceptors (Lipinski definition) is 5. The summed E-state index contributed by atoms with van der Waals surface area (Å²) in [5.41, 5.74) is 1.12. The first-order valence-corrected chi connectivity index (χ1v) is 13.3. The van der Waals surface area contributed by atoms with Gasteiger partial charge in [0, 0.05) is 27.7 Å². The standard InChI is InChI=1S/C29H25Cl3N2O5/c1-28(2,3)18(27(36)37)10-15-6-5-7-21-17(15)8-9-34(21)26(35)23-24(22-19(31)11-16(30)12-20(22)32)33-39-25(23)29(4)13-38-14-29/h5-12H,13-14H2,1-4H3,(H,36,37)/b18-10-. The zero-order chi connectivity index (χ0) is 28.3. The normalized spacial score (nSPS) is 15.4. The molecule has 5 rings (SSSR count). The summed E-state index contributed by atoms with van der Waals surface area (Å²) >= 11 is 19.2. The number of carboxylic acids is 1. The summed E-state index contributed by atoms with van der Waals surface area (Å²) in [6.45, 7) is 8.17. The van der Waals surface area contributed by atoms with E-state index in [1.165, 1.54) is 16.7 Å². The molecule has 3 heterocycles. The molecule has 0 spiro atoms. The quantitative estimate of drug-likeness (QED) is 0.240. The van der Waals surface area contributed by atoms with E-state index in [2.05, 4.69) is 5.16 Å². The highest BCUT2D eigenvalue weighted by molar-refractivity contribution is 6.42. The van der Waals surface area contributed by atoms with E-state index in [-0.39, 0.29) is 26.9 Å². The highest BCUT2D eigenvalue weighted by atomic mass is 35.5. The fourth-order valence-corrected chi connectivity index (χ4v) is 5.74. The number of rotatable bonds is 5. The van der Waals surface area contributed by atoms with E-state index >= 15 is 0 Å². The Hall–Kier alpha value is -3.10. The summed E-state index contributed by atoms with van der Waals surface area (Å²) in [5.74, 6) is -1.03. The predicted molar refractivity (Wildman–Crippen MR) is 152 cm³/mol. The maximum atomic E-state index is 14.3. The van der Waals surface area contributed by atoms with Crippen molar-refractivity contribution in [2.45, 2.75) is 33.1 Å². The summed E-state index contributed by atoms with van der Waals surface area (Å²) in [6.07, 6.45) is 3.29. The lowest BCUT2D eigenvalue weighted by Gasteiger charge is -2.36. The lowest BCUT2D eigenvalue weighted by Crippen LogP contribution is -2.44. The number of nitrogens with zero attached hydrogens (tertiary/aromatic N) is 2. The monoisotopic (exact) mass is 586 g/mol. The summed E-state index contributed by atoms with van der Waals surface area (Å²) in [5, 5.41) is 15.6. The Balaban J connectivity index is 1.70. The topological polar surface area (TPSA) is 94.6 Å². The van der Waals surface area contributed by atoms with Gasteiger partial charge in [0.1, 0.15) is 11.3 Å². The molecular weight excluding hydrogens is 563 g/mol. The Kier molecular flexibility index (Phi) is 6.92.